The predicted molar refractivity (Wildman–Crippen MR) is 89.0 cm³/mol. The molecule has 0 unspecified atom stereocenters. The van der Waals surface area contributed by atoms with Gasteiger partial charge in [0.15, 0.2) is 5.78 Å². The van der Waals surface area contributed by atoms with E-state index in [0.717, 1.165) is 5.56 Å². The zero-order chi connectivity index (χ0) is 14.9. The molecule has 0 atom stereocenters. The van der Waals surface area contributed by atoms with E-state index < -0.39 is 0 Å². The molecule has 0 saturated heterocycles. The number of carbonyl (C=O) groups excluding carboxylic acids is 1. The van der Waals surface area contributed by atoms with Crippen LogP contribution in [0.4, 0.5) is 0 Å². The highest BCUT2D eigenvalue weighted by Gasteiger charge is 2.18. The quantitative estimate of drug-likeness (QED) is 0.419. The van der Waals surface area contributed by atoms with E-state index in [9.17, 15) is 4.79 Å². The maximum Gasteiger partial charge on any atom is 0.196 e. The molecule has 0 fully saturated rings. The summed E-state index contributed by atoms with van der Waals surface area (Å²) < 4.78 is 0. The van der Waals surface area contributed by atoms with Gasteiger partial charge in [-0.2, -0.15) is 0 Å². The first kappa shape index (κ1) is 16.1. The van der Waals surface area contributed by atoms with Crippen LogP contribution < -0.4 is 0 Å². The molecule has 6 heteroatoms. The molecule has 20 heavy (non-hydrogen) atoms. The van der Waals surface area contributed by atoms with Crippen LogP contribution in [0.1, 0.15) is 21.5 Å². The monoisotopic (exact) mass is 410 g/mol. The second kappa shape index (κ2) is 6.67. The molecule has 0 radical (unpaired) electrons. The molecule has 0 N–H and O–H groups in total. The zero-order valence-corrected chi connectivity index (χ0v) is 14.5. The Labute approximate surface area is 144 Å². The number of ketones is 1. The van der Waals surface area contributed by atoms with Crippen molar-refractivity contribution in [2.75, 3.05) is 0 Å². The van der Waals surface area contributed by atoms with Gasteiger partial charge < -0.3 is 0 Å². The fourth-order valence-corrected chi connectivity index (χ4v) is 3.30. The molecule has 2 aromatic carbocycles. The van der Waals surface area contributed by atoms with Crippen molar-refractivity contribution in [1.29, 1.82) is 0 Å². The molecule has 0 spiro atoms. The van der Waals surface area contributed by atoms with Crippen molar-refractivity contribution in [3.63, 3.8) is 0 Å². The number of halogens is 5. The van der Waals surface area contributed by atoms with Crippen LogP contribution in [0.5, 0.6) is 0 Å². The van der Waals surface area contributed by atoms with Gasteiger partial charge >= 0.3 is 0 Å². The third-order valence-electron chi connectivity index (χ3n) is 2.61. The molecule has 0 amide bonds. The minimum Gasteiger partial charge on any atom is -0.288 e. The summed E-state index contributed by atoms with van der Waals surface area (Å²) in [5.74, 6) is -0.314. The molecule has 0 aliphatic heterocycles. The second-order valence-electron chi connectivity index (χ2n) is 4.06. The molecule has 0 heterocycles. The molecular formula is C14H7BrCl4O. The molecule has 0 bridgehead atoms. The van der Waals surface area contributed by atoms with Crippen LogP contribution in [0.2, 0.25) is 20.1 Å². The number of alkyl halides is 1. The minimum absolute atomic E-state index is 0.247. The second-order valence-corrected chi connectivity index (χ2v) is 6.30. The Balaban J connectivity index is 2.53. The van der Waals surface area contributed by atoms with Gasteiger partial charge in [-0.15, -0.1) is 0 Å². The highest BCUT2D eigenvalue weighted by atomic mass is 79.9. The van der Waals surface area contributed by atoms with E-state index in [0.29, 0.717) is 31.0 Å². The minimum atomic E-state index is -0.314. The lowest BCUT2D eigenvalue weighted by atomic mass is 10.0. The number of hydrogen-bond donors (Lipinski definition) is 0. The Bertz CT molecular complexity index is 642. The summed E-state index contributed by atoms with van der Waals surface area (Å²) in [6.07, 6.45) is 0. The molecule has 0 aliphatic rings. The van der Waals surface area contributed by atoms with Gasteiger partial charge in [-0.05, 0) is 35.9 Å². The molecule has 0 aliphatic carbocycles. The lowest BCUT2D eigenvalue weighted by Gasteiger charge is -2.09. The van der Waals surface area contributed by atoms with Gasteiger partial charge in [-0.25, -0.2) is 0 Å². The molecule has 0 aromatic heterocycles. The topological polar surface area (TPSA) is 17.1 Å². The van der Waals surface area contributed by atoms with Crippen LogP contribution in [0.25, 0.3) is 0 Å². The highest BCUT2D eigenvalue weighted by molar-refractivity contribution is 9.08. The molecular weight excluding hydrogens is 406 g/mol. The lowest BCUT2D eigenvalue weighted by molar-refractivity contribution is 0.103. The number of hydrogen-bond acceptors (Lipinski definition) is 1. The van der Waals surface area contributed by atoms with Crippen molar-refractivity contribution in [1.82, 2.24) is 0 Å². The van der Waals surface area contributed by atoms with E-state index in [1.807, 2.05) is 0 Å². The first-order chi connectivity index (χ1) is 9.42. The van der Waals surface area contributed by atoms with Gasteiger partial charge in [0.1, 0.15) is 0 Å². The van der Waals surface area contributed by atoms with E-state index in [2.05, 4.69) is 15.9 Å². The van der Waals surface area contributed by atoms with Crippen molar-refractivity contribution in [2.45, 2.75) is 5.33 Å². The lowest BCUT2D eigenvalue weighted by Crippen LogP contribution is -2.04. The van der Waals surface area contributed by atoms with Gasteiger partial charge in [0, 0.05) is 20.9 Å². The normalized spacial score (nSPS) is 10.7. The number of benzene rings is 2. The molecule has 0 saturated carbocycles. The van der Waals surface area contributed by atoms with Crippen LogP contribution in [0.3, 0.4) is 0 Å². The van der Waals surface area contributed by atoms with Crippen molar-refractivity contribution in [2.24, 2.45) is 0 Å². The zero-order valence-electron chi connectivity index (χ0n) is 9.89. The van der Waals surface area contributed by atoms with E-state index in [1.165, 1.54) is 12.1 Å². The van der Waals surface area contributed by atoms with Crippen molar-refractivity contribution in [3.8, 4) is 0 Å². The van der Waals surface area contributed by atoms with Crippen LogP contribution in [-0.2, 0) is 5.33 Å². The molecule has 104 valence electrons. The number of rotatable bonds is 3. The highest BCUT2D eigenvalue weighted by Crippen LogP contribution is 2.31. The predicted octanol–water partition coefficient (Wildman–Crippen LogP) is 6.43. The molecule has 1 nitrogen and oxygen atoms in total. The maximum atomic E-state index is 12.5. The van der Waals surface area contributed by atoms with Crippen molar-refractivity contribution >= 4 is 68.1 Å². The summed E-state index contributed by atoms with van der Waals surface area (Å²) in [6, 6.07) is 8.00. The van der Waals surface area contributed by atoms with E-state index in [-0.39, 0.29) is 11.3 Å². The Kier molecular flexibility index (Phi) is 5.38. The van der Waals surface area contributed by atoms with E-state index in [4.69, 9.17) is 46.4 Å². The van der Waals surface area contributed by atoms with Gasteiger partial charge in [0.05, 0.1) is 15.6 Å². The summed E-state index contributed by atoms with van der Waals surface area (Å²) in [5.41, 5.74) is 1.48. The summed E-state index contributed by atoms with van der Waals surface area (Å²) in [7, 11) is 0. The first-order valence-electron chi connectivity index (χ1n) is 5.47. The third-order valence-corrected chi connectivity index (χ3v) is 4.29. The summed E-state index contributed by atoms with van der Waals surface area (Å²) in [6.45, 7) is 0. The third kappa shape index (κ3) is 3.49. The SMILES string of the molecule is O=C(c1cc(Cl)cc(Cl)c1)c1c(Cl)cc(CBr)cc1Cl. The Hall–Kier alpha value is -0.250. The largest absolute Gasteiger partial charge is 0.288 e. The van der Waals surface area contributed by atoms with Gasteiger partial charge in [-0.3, -0.25) is 4.79 Å². The van der Waals surface area contributed by atoms with Gasteiger partial charge in [-0.1, -0.05) is 62.3 Å². The summed E-state index contributed by atoms with van der Waals surface area (Å²) in [4.78, 5) is 12.5. The van der Waals surface area contributed by atoms with Crippen molar-refractivity contribution in [3.05, 3.63) is 67.1 Å². The van der Waals surface area contributed by atoms with Crippen LogP contribution in [0, 0.1) is 0 Å². The van der Waals surface area contributed by atoms with Crippen molar-refractivity contribution < 1.29 is 4.79 Å². The van der Waals surface area contributed by atoms with Crippen LogP contribution >= 0.6 is 62.3 Å². The Morgan fingerprint density at radius 2 is 1.40 bits per heavy atom. The number of carbonyl (C=O) groups is 1. The maximum absolute atomic E-state index is 12.5. The van der Waals surface area contributed by atoms with Gasteiger partial charge in [0.2, 0.25) is 0 Å². The van der Waals surface area contributed by atoms with Gasteiger partial charge in [0.25, 0.3) is 0 Å². The summed E-state index contributed by atoms with van der Waals surface area (Å²) >= 11 is 27.4. The summed E-state index contributed by atoms with van der Waals surface area (Å²) in [5, 5.41) is 1.96. The average Bonchev–Trinajstić information content (AvgIpc) is 2.36. The Morgan fingerprint density at radius 1 is 0.900 bits per heavy atom. The average molecular weight is 413 g/mol. The van der Waals surface area contributed by atoms with Crippen LogP contribution in [0.15, 0.2) is 30.3 Å². The fraction of sp³-hybridized carbons (Fsp3) is 0.0714. The molecule has 2 rings (SSSR count). The fourth-order valence-electron chi connectivity index (χ4n) is 1.75. The molecule has 2 aromatic rings. The first-order valence-corrected chi connectivity index (χ1v) is 8.10. The van der Waals surface area contributed by atoms with Crippen LogP contribution in [-0.4, -0.2) is 5.78 Å². The van der Waals surface area contributed by atoms with E-state index in [1.54, 1.807) is 18.2 Å². The smallest absolute Gasteiger partial charge is 0.196 e. The standard InChI is InChI=1S/C14H7BrCl4O/c15-6-7-1-11(18)13(12(19)2-7)14(20)8-3-9(16)5-10(17)4-8/h1-5H,6H2. The van der Waals surface area contributed by atoms with E-state index >= 15 is 0 Å². The Morgan fingerprint density at radius 3 is 1.85 bits per heavy atom.